The molecule has 0 bridgehead atoms. The maximum Gasteiger partial charge on any atom is 0.341 e. The van der Waals surface area contributed by atoms with Gasteiger partial charge in [-0.25, -0.2) is 14.4 Å². The quantitative estimate of drug-likeness (QED) is 0.279. The molecule has 0 spiro atoms. The van der Waals surface area contributed by atoms with E-state index >= 15 is 0 Å². The van der Waals surface area contributed by atoms with Gasteiger partial charge in [0, 0.05) is 6.07 Å². The first-order valence-electron chi connectivity index (χ1n) is 11.1. The highest BCUT2D eigenvalue weighted by Gasteiger charge is 2.11. The number of hydrogen-bond donors (Lipinski definition) is 2. The predicted molar refractivity (Wildman–Crippen MR) is 129 cm³/mol. The Kier molecular flexibility index (Phi) is 8.83. The van der Waals surface area contributed by atoms with E-state index in [0.29, 0.717) is 17.7 Å². The molecule has 0 aliphatic carbocycles. The van der Waals surface area contributed by atoms with E-state index in [1.165, 1.54) is 6.07 Å². The Morgan fingerprint density at radius 1 is 0.714 bits per heavy atom. The highest BCUT2D eigenvalue weighted by Crippen LogP contribution is 2.32. The van der Waals surface area contributed by atoms with E-state index in [9.17, 15) is 14.4 Å². The molecule has 35 heavy (non-hydrogen) atoms. The van der Waals surface area contributed by atoms with Crippen molar-refractivity contribution in [3.8, 4) is 33.8 Å². The molecular formula is C27H26O8. The maximum atomic E-state index is 12.4. The molecular weight excluding hydrogens is 452 g/mol. The van der Waals surface area contributed by atoms with Gasteiger partial charge in [0.05, 0.1) is 12.2 Å². The van der Waals surface area contributed by atoms with Crippen LogP contribution in [0.15, 0.2) is 66.7 Å². The number of carboxylic acids is 2. The number of aliphatic carboxylic acids is 2. The van der Waals surface area contributed by atoms with Gasteiger partial charge < -0.3 is 24.4 Å². The van der Waals surface area contributed by atoms with Gasteiger partial charge in [-0.05, 0) is 59.0 Å². The van der Waals surface area contributed by atoms with Crippen LogP contribution in [0.2, 0.25) is 0 Å². The number of hydrogen-bond acceptors (Lipinski definition) is 6. The van der Waals surface area contributed by atoms with Crippen LogP contribution in [0.1, 0.15) is 30.1 Å². The van der Waals surface area contributed by atoms with Crippen LogP contribution < -0.4 is 9.47 Å². The average Bonchev–Trinajstić information content (AvgIpc) is 2.86. The summed E-state index contributed by atoms with van der Waals surface area (Å²) in [5, 5.41) is 17.8. The minimum absolute atomic E-state index is 0.229. The summed E-state index contributed by atoms with van der Waals surface area (Å²) in [6.45, 7) is 1.30. The largest absolute Gasteiger partial charge is 0.482 e. The van der Waals surface area contributed by atoms with E-state index in [-0.39, 0.29) is 17.5 Å². The summed E-state index contributed by atoms with van der Waals surface area (Å²) in [7, 11) is 0. The first-order valence-corrected chi connectivity index (χ1v) is 11.1. The monoisotopic (exact) mass is 478 g/mol. The van der Waals surface area contributed by atoms with Crippen LogP contribution in [0.4, 0.5) is 0 Å². The van der Waals surface area contributed by atoms with Gasteiger partial charge in [-0.15, -0.1) is 0 Å². The zero-order valence-electron chi connectivity index (χ0n) is 19.2. The van der Waals surface area contributed by atoms with Gasteiger partial charge in [-0.3, -0.25) is 0 Å². The molecule has 0 heterocycles. The third-order valence-corrected chi connectivity index (χ3v) is 4.96. The Labute approximate surface area is 202 Å². The molecule has 3 aromatic carbocycles. The van der Waals surface area contributed by atoms with Crippen LogP contribution in [0, 0.1) is 0 Å². The number of unbranched alkanes of at least 4 members (excludes halogenated alkanes) is 1. The van der Waals surface area contributed by atoms with E-state index < -0.39 is 25.2 Å². The van der Waals surface area contributed by atoms with Crippen molar-refractivity contribution in [2.24, 2.45) is 0 Å². The summed E-state index contributed by atoms with van der Waals surface area (Å²) in [5.41, 5.74) is 3.52. The number of carbonyl (C=O) groups excluding carboxylic acids is 1. The Bertz CT molecular complexity index is 1170. The molecule has 0 saturated carbocycles. The lowest BCUT2D eigenvalue weighted by atomic mass is 9.97. The maximum absolute atomic E-state index is 12.4. The molecule has 0 saturated heterocycles. The van der Waals surface area contributed by atoms with E-state index in [0.717, 1.165) is 29.5 Å². The number of esters is 1. The zero-order valence-corrected chi connectivity index (χ0v) is 19.2. The highest BCUT2D eigenvalue weighted by molar-refractivity contribution is 5.91. The van der Waals surface area contributed by atoms with Crippen LogP contribution >= 0.6 is 0 Å². The molecule has 0 unspecified atom stereocenters. The van der Waals surface area contributed by atoms with Crippen LogP contribution in [0.5, 0.6) is 11.5 Å². The molecule has 8 nitrogen and oxygen atoms in total. The van der Waals surface area contributed by atoms with Crippen molar-refractivity contribution in [2.45, 2.75) is 19.8 Å². The van der Waals surface area contributed by atoms with Crippen molar-refractivity contribution in [1.29, 1.82) is 0 Å². The van der Waals surface area contributed by atoms with Crippen molar-refractivity contribution in [2.75, 3.05) is 19.8 Å². The molecule has 2 N–H and O–H groups in total. The van der Waals surface area contributed by atoms with Crippen LogP contribution in [0.3, 0.4) is 0 Å². The first-order chi connectivity index (χ1) is 16.9. The topological polar surface area (TPSA) is 119 Å². The van der Waals surface area contributed by atoms with Crippen LogP contribution in [0.25, 0.3) is 22.3 Å². The molecule has 3 rings (SSSR count). The Morgan fingerprint density at radius 2 is 1.26 bits per heavy atom. The average molecular weight is 478 g/mol. The van der Waals surface area contributed by atoms with Gasteiger partial charge >= 0.3 is 17.9 Å². The minimum atomic E-state index is -1.14. The summed E-state index contributed by atoms with van der Waals surface area (Å²) in [6, 6.07) is 19.4. The third-order valence-electron chi connectivity index (χ3n) is 4.96. The van der Waals surface area contributed by atoms with E-state index in [1.807, 2.05) is 37.3 Å². The zero-order chi connectivity index (χ0) is 25.2. The molecule has 0 radical (unpaired) electrons. The van der Waals surface area contributed by atoms with Gasteiger partial charge in [-0.1, -0.05) is 43.7 Å². The number of rotatable bonds is 12. The highest BCUT2D eigenvalue weighted by atomic mass is 16.5. The summed E-state index contributed by atoms with van der Waals surface area (Å²) in [4.78, 5) is 34.2. The fourth-order valence-electron chi connectivity index (χ4n) is 3.29. The van der Waals surface area contributed by atoms with E-state index in [4.69, 9.17) is 24.4 Å². The molecule has 182 valence electrons. The molecule has 3 aromatic rings. The predicted octanol–water partition coefficient (Wildman–Crippen LogP) is 4.90. The van der Waals surface area contributed by atoms with Crippen molar-refractivity contribution >= 4 is 17.9 Å². The van der Waals surface area contributed by atoms with Gasteiger partial charge in [0.15, 0.2) is 13.2 Å². The molecule has 0 amide bonds. The molecule has 8 heteroatoms. The van der Waals surface area contributed by atoms with Gasteiger partial charge in [0.25, 0.3) is 0 Å². The smallest absolute Gasteiger partial charge is 0.341 e. The Balaban J connectivity index is 1.91. The summed E-state index contributed by atoms with van der Waals surface area (Å²) >= 11 is 0. The summed E-state index contributed by atoms with van der Waals surface area (Å²) < 4.78 is 15.9. The van der Waals surface area contributed by atoms with E-state index in [2.05, 4.69) is 0 Å². The second-order valence-electron chi connectivity index (χ2n) is 7.71. The Hall–Kier alpha value is -4.33. The second-order valence-corrected chi connectivity index (χ2v) is 7.71. The van der Waals surface area contributed by atoms with Gasteiger partial charge in [0.1, 0.15) is 11.5 Å². The Morgan fingerprint density at radius 3 is 1.83 bits per heavy atom. The van der Waals surface area contributed by atoms with Crippen LogP contribution in [-0.4, -0.2) is 47.9 Å². The number of carboxylic acid groups (broad SMARTS) is 2. The van der Waals surface area contributed by atoms with Crippen molar-refractivity contribution in [1.82, 2.24) is 0 Å². The van der Waals surface area contributed by atoms with Crippen molar-refractivity contribution in [3.63, 3.8) is 0 Å². The lowest BCUT2D eigenvalue weighted by Gasteiger charge is -2.12. The fourth-order valence-corrected chi connectivity index (χ4v) is 3.29. The lowest BCUT2D eigenvalue weighted by molar-refractivity contribution is -0.140. The normalized spacial score (nSPS) is 10.4. The molecule has 0 fully saturated rings. The molecule has 0 aliphatic heterocycles. The molecule has 0 atom stereocenters. The molecule has 0 aromatic heterocycles. The summed E-state index contributed by atoms with van der Waals surface area (Å²) in [6.07, 6.45) is 1.74. The minimum Gasteiger partial charge on any atom is -0.482 e. The summed E-state index contributed by atoms with van der Waals surface area (Å²) in [5.74, 6) is -2.20. The lowest BCUT2D eigenvalue weighted by Crippen LogP contribution is -2.11. The van der Waals surface area contributed by atoms with Gasteiger partial charge in [-0.2, -0.15) is 0 Å². The van der Waals surface area contributed by atoms with Gasteiger partial charge in [0.2, 0.25) is 0 Å². The van der Waals surface area contributed by atoms with Crippen molar-refractivity contribution < 1.29 is 38.8 Å². The number of carbonyl (C=O) groups is 3. The van der Waals surface area contributed by atoms with Crippen LogP contribution in [-0.2, 0) is 14.3 Å². The SMILES string of the molecule is CCCCOC(=O)c1cccc(-c2cccc(-c3cc(OCC(=O)O)cc(OCC(=O)O)c3)c2)c1. The third kappa shape index (κ3) is 7.60. The standard InChI is InChI=1S/C27H26O8/c1-2-3-10-33-27(32)21-9-5-7-19(12-21)18-6-4-8-20(11-18)22-13-23(34-16-25(28)29)15-24(14-22)35-17-26(30)31/h4-9,11-15H,2-3,10,16-17H2,1H3,(H,28,29)(H,30,31). The number of ether oxygens (including phenoxy) is 3. The van der Waals surface area contributed by atoms with Crippen molar-refractivity contribution in [3.05, 3.63) is 72.3 Å². The van der Waals surface area contributed by atoms with E-state index in [1.54, 1.807) is 30.3 Å². The number of benzene rings is 3. The molecule has 0 aliphatic rings. The second kappa shape index (κ2) is 12.2. The fraction of sp³-hybridized carbons (Fsp3) is 0.222. The first kappa shape index (κ1) is 25.3.